The zero-order valence-electron chi connectivity index (χ0n) is 7.20. The van der Waals surface area contributed by atoms with Gasteiger partial charge in [-0.05, 0) is 18.4 Å². The fourth-order valence-electron chi connectivity index (χ4n) is 1.21. The van der Waals surface area contributed by atoms with Gasteiger partial charge in [0.1, 0.15) is 0 Å². The van der Waals surface area contributed by atoms with Crippen molar-refractivity contribution in [1.29, 1.82) is 0 Å². The average molecular weight is 165 g/mol. The van der Waals surface area contributed by atoms with Gasteiger partial charge in [0.25, 0.3) is 0 Å². The van der Waals surface area contributed by atoms with Gasteiger partial charge in [0.05, 0.1) is 12.7 Å². The lowest BCUT2D eigenvalue weighted by atomic mass is 10.1. The van der Waals surface area contributed by atoms with E-state index in [9.17, 15) is 0 Å². The summed E-state index contributed by atoms with van der Waals surface area (Å²) in [4.78, 5) is 0. The smallest absolute Gasteiger partial charge is 0.0813 e. The molecule has 1 fully saturated rings. The van der Waals surface area contributed by atoms with Crippen LogP contribution in [0.1, 0.15) is 12.0 Å². The third-order valence-corrected chi connectivity index (χ3v) is 2.00. The highest BCUT2D eigenvalue weighted by atomic mass is 16.6. The van der Waals surface area contributed by atoms with E-state index in [1.165, 1.54) is 12.0 Å². The van der Waals surface area contributed by atoms with Crippen LogP contribution in [0.2, 0.25) is 0 Å². The molecule has 12 heavy (non-hydrogen) atoms. The zero-order valence-corrected chi connectivity index (χ0v) is 7.20. The minimum atomic E-state index is 0. The van der Waals surface area contributed by atoms with Gasteiger partial charge in [-0.3, -0.25) is 0 Å². The van der Waals surface area contributed by atoms with Crippen molar-refractivity contribution in [3.05, 3.63) is 35.9 Å². The average Bonchev–Trinajstić information content (AvgIpc) is 2.86. The van der Waals surface area contributed by atoms with Crippen molar-refractivity contribution in [2.75, 3.05) is 6.61 Å². The molecule has 3 N–H and O–H groups in total. The van der Waals surface area contributed by atoms with Gasteiger partial charge in [0.15, 0.2) is 0 Å². The first kappa shape index (κ1) is 9.23. The van der Waals surface area contributed by atoms with Crippen molar-refractivity contribution in [3.8, 4) is 0 Å². The molecule has 0 spiro atoms. The van der Waals surface area contributed by atoms with Crippen LogP contribution < -0.4 is 6.15 Å². The zero-order chi connectivity index (χ0) is 7.52. The number of hydrogen-bond acceptors (Lipinski definition) is 2. The Bertz CT molecular complexity index is 219. The molecule has 0 radical (unpaired) electrons. The molecule has 66 valence electrons. The lowest BCUT2D eigenvalue weighted by molar-refractivity contribution is 0.397. The summed E-state index contributed by atoms with van der Waals surface area (Å²) in [6, 6.07) is 10.6. The van der Waals surface area contributed by atoms with Crippen LogP contribution >= 0.6 is 0 Å². The van der Waals surface area contributed by atoms with E-state index in [1.807, 2.05) is 0 Å². The minimum absolute atomic E-state index is 0. The van der Waals surface area contributed by atoms with Gasteiger partial charge in [0, 0.05) is 0 Å². The topological polar surface area (TPSA) is 47.5 Å². The van der Waals surface area contributed by atoms with E-state index < -0.39 is 0 Å². The van der Waals surface area contributed by atoms with E-state index in [0.29, 0.717) is 6.10 Å². The molecule has 1 saturated heterocycles. The van der Waals surface area contributed by atoms with E-state index in [2.05, 4.69) is 30.3 Å². The van der Waals surface area contributed by atoms with Crippen LogP contribution in [0.15, 0.2) is 30.3 Å². The second-order valence-electron chi connectivity index (χ2n) is 2.98. The molecule has 1 aliphatic heterocycles. The highest BCUT2D eigenvalue weighted by Gasteiger charge is 2.21. The molecule has 1 unspecified atom stereocenters. The normalized spacial score (nSPS) is 19.8. The fraction of sp³-hybridized carbons (Fsp3) is 0.400. The second-order valence-corrected chi connectivity index (χ2v) is 2.98. The summed E-state index contributed by atoms with van der Waals surface area (Å²) in [7, 11) is 0. The second kappa shape index (κ2) is 4.24. The maximum absolute atomic E-state index is 5.13. The quantitative estimate of drug-likeness (QED) is 0.698. The third kappa shape index (κ3) is 2.64. The molecular weight excluding hydrogens is 150 g/mol. The molecule has 1 aromatic carbocycles. The van der Waals surface area contributed by atoms with E-state index in [0.717, 1.165) is 13.0 Å². The van der Waals surface area contributed by atoms with Crippen LogP contribution in [0.3, 0.4) is 0 Å². The third-order valence-electron chi connectivity index (χ3n) is 2.00. The molecule has 0 saturated carbocycles. The van der Waals surface area contributed by atoms with E-state index in [4.69, 9.17) is 4.74 Å². The summed E-state index contributed by atoms with van der Waals surface area (Å²) in [6.45, 7) is 0.979. The largest absolute Gasteiger partial charge is 0.373 e. The van der Waals surface area contributed by atoms with E-state index in [-0.39, 0.29) is 6.15 Å². The molecule has 1 aliphatic rings. The lowest BCUT2D eigenvalue weighted by Gasteiger charge is -1.96. The fourth-order valence-corrected chi connectivity index (χ4v) is 1.21. The Labute approximate surface area is 73.1 Å². The van der Waals surface area contributed by atoms with Crippen LogP contribution in [-0.4, -0.2) is 12.7 Å². The Morgan fingerprint density at radius 2 is 1.92 bits per heavy atom. The summed E-state index contributed by atoms with van der Waals surface area (Å²) < 4.78 is 5.13. The molecule has 0 aliphatic carbocycles. The van der Waals surface area contributed by atoms with E-state index in [1.54, 1.807) is 0 Å². The minimum Gasteiger partial charge on any atom is -0.373 e. The molecule has 2 rings (SSSR count). The molecule has 0 bridgehead atoms. The van der Waals surface area contributed by atoms with Crippen LogP contribution in [0.25, 0.3) is 0 Å². The predicted molar refractivity (Wildman–Crippen MR) is 49.5 cm³/mol. The van der Waals surface area contributed by atoms with Crippen molar-refractivity contribution < 1.29 is 4.74 Å². The van der Waals surface area contributed by atoms with Crippen LogP contribution in [0.5, 0.6) is 0 Å². The molecule has 2 heteroatoms. The highest BCUT2D eigenvalue weighted by Crippen LogP contribution is 2.16. The van der Waals surface area contributed by atoms with Crippen molar-refractivity contribution in [3.63, 3.8) is 0 Å². The van der Waals surface area contributed by atoms with Gasteiger partial charge >= 0.3 is 0 Å². The van der Waals surface area contributed by atoms with Gasteiger partial charge in [-0.25, -0.2) is 0 Å². The van der Waals surface area contributed by atoms with Gasteiger partial charge in [0.2, 0.25) is 0 Å². The molecule has 1 heterocycles. The first-order valence-corrected chi connectivity index (χ1v) is 4.11. The Hall–Kier alpha value is -0.860. The summed E-state index contributed by atoms with van der Waals surface area (Å²) >= 11 is 0. The predicted octanol–water partition coefficient (Wildman–Crippen LogP) is 2.18. The maximum Gasteiger partial charge on any atom is 0.0813 e. The summed E-state index contributed by atoms with van der Waals surface area (Å²) in [5.41, 5.74) is 1.42. The number of ether oxygens (including phenoxy) is 1. The summed E-state index contributed by atoms with van der Waals surface area (Å²) in [5.74, 6) is 0. The number of rotatable bonds is 3. The van der Waals surface area contributed by atoms with Crippen molar-refractivity contribution in [1.82, 2.24) is 6.15 Å². The number of benzene rings is 1. The first-order chi connectivity index (χ1) is 5.45. The van der Waals surface area contributed by atoms with Gasteiger partial charge in [-0.1, -0.05) is 30.3 Å². The Morgan fingerprint density at radius 1 is 1.25 bits per heavy atom. The Balaban J connectivity index is 0.000000720. The number of aryl methyl sites for hydroxylation is 1. The van der Waals surface area contributed by atoms with Gasteiger partial charge in [-0.15, -0.1) is 0 Å². The Morgan fingerprint density at radius 3 is 2.50 bits per heavy atom. The summed E-state index contributed by atoms with van der Waals surface area (Å²) in [6.07, 6.45) is 2.91. The summed E-state index contributed by atoms with van der Waals surface area (Å²) in [5, 5.41) is 0. The molecule has 1 aromatic rings. The SMILES string of the molecule is N.c1ccc(CCC2CO2)cc1. The first-order valence-electron chi connectivity index (χ1n) is 4.11. The highest BCUT2D eigenvalue weighted by molar-refractivity contribution is 5.14. The van der Waals surface area contributed by atoms with Crippen molar-refractivity contribution >= 4 is 0 Å². The molecule has 1 atom stereocenters. The van der Waals surface area contributed by atoms with Gasteiger partial charge < -0.3 is 10.9 Å². The molecule has 0 aromatic heterocycles. The molecule has 2 nitrogen and oxygen atoms in total. The van der Waals surface area contributed by atoms with Crippen molar-refractivity contribution in [2.45, 2.75) is 18.9 Å². The van der Waals surface area contributed by atoms with Crippen LogP contribution in [-0.2, 0) is 11.2 Å². The lowest BCUT2D eigenvalue weighted by Crippen LogP contribution is -1.89. The molecular formula is C10H15NO. The van der Waals surface area contributed by atoms with Gasteiger partial charge in [-0.2, -0.15) is 0 Å². The maximum atomic E-state index is 5.13. The van der Waals surface area contributed by atoms with Crippen molar-refractivity contribution in [2.24, 2.45) is 0 Å². The van der Waals surface area contributed by atoms with E-state index >= 15 is 0 Å². The number of epoxide rings is 1. The van der Waals surface area contributed by atoms with Crippen LogP contribution in [0, 0.1) is 0 Å². The molecule has 0 amide bonds. The Kier molecular flexibility index (Phi) is 3.26. The standard InChI is InChI=1S/C10H12O.H3N/c1-2-4-9(5-3-1)6-7-10-8-11-10;/h1-5,10H,6-8H2;1H3. The van der Waals surface area contributed by atoms with Crippen LogP contribution in [0.4, 0.5) is 0 Å². The monoisotopic (exact) mass is 165 g/mol. The number of hydrogen-bond donors (Lipinski definition) is 1.